The molecule has 1 heterocycles. The minimum Gasteiger partial charge on any atom is -0.311 e. The van der Waals surface area contributed by atoms with Crippen molar-refractivity contribution >= 4 is 49.6 Å². The van der Waals surface area contributed by atoms with Gasteiger partial charge in [0.25, 0.3) is 0 Å². The van der Waals surface area contributed by atoms with Crippen LogP contribution in [0.15, 0.2) is 243 Å². The Bertz CT molecular complexity index is 3250. The molecule has 0 fully saturated rings. The predicted molar refractivity (Wildman–Crippen MR) is 255 cm³/mol. The van der Waals surface area contributed by atoms with E-state index in [0.29, 0.717) is 0 Å². The van der Waals surface area contributed by atoms with Crippen molar-refractivity contribution in [1.82, 2.24) is 4.57 Å². The maximum Gasteiger partial charge on any atom is 0.0541 e. The second-order valence-electron chi connectivity index (χ2n) is 15.4. The number of hydrogen-bond acceptors (Lipinski definition) is 1. The molecule has 0 radical (unpaired) electrons. The van der Waals surface area contributed by atoms with Gasteiger partial charge in [0, 0.05) is 33.5 Å². The number of fused-ring (bicyclic) bond motifs is 4. The van der Waals surface area contributed by atoms with E-state index in [9.17, 15) is 0 Å². The van der Waals surface area contributed by atoms with E-state index in [0.717, 1.165) is 22.7 Å². The maximum atomic E-state index is 2.39. The van der Waals surface area contributed by atoms with Gasteiger partial charge in [-0.2, -0.15) is 0 Å². The van der Waals surface area contributed by atoms with Gasteiger partial charge in [-0.05, 0) is 128 Å². The van der Waals surface area contributed by atoms with Gasteiger partial charge in [0.2, 0.25) is 0 Å². The summed E-state index contributed by atoms with van der Waals surface area (Å²) in [5, 5.41) is 5.01. The summed E-state index contributed by atoms with van der Waals surface area (Å²) >= 11 is 0. The maximum absolute atomic E-state index is 2.39. The smallest absolute Gasteiger partial charge is 0.0541 e. The van der Waals surface area contributed by atoms with Crippen LogP contribution in [-0.4, -0.2) is 4.57 Å². The quantitative estimate of drug-likeness (QED) is 0.150. The van der Waals surface area contributed by atoms with Crippen LogP contribution in [0.2, 0.25) is 0 Å². The summed E-state index contributed by atoms with van der Waals surface area (Å²) in [6.45, 7) is 0. The third-order valence-corrected chi connectivity index (χ3v) is 11.8. The van der Waals surface area contributed by atoms with Crippen molar-refractivity contribution in [3.63, 3.8) is 0 Å². The number of benzene rings is 10. The molecule has 0 amide bonds. The van der Waals surface area contributed by atoms with Crippen LogP contribution in [0, 0.1) is 0 Å². The number of para-hydroxylation sites is 2. The molecule has 0 aliphatic heterocycles. The third kappa shape index (κ3) is 6.51. The van der Waals surface area contributed by atoms with Crippen molar-refractivity contribution in [1.29, 1.82) is 0 Å². The highest BCUT2D eigenvalue weighted by atomic mass is 15.1. The molecular weight excluding hydrogens is 725 g/mol. The van der Waals surface area contributed by atoms with Crippen molar-refractivity contribution in [2.75, 3.05) is 4.90 Å². The zero-order valence-corrected chi connectivity index (χ0v) is 33.0. The van der Waals surface area contributed by atoms with Crippen LogP contribution in [0.25, 0.3) is 82.8 Å². The summed E-state index contributed by atoms with van der Waals surface area (Å²) in [6, 6.07) is 87.7. The van der Waals surface area contributed by atoms with E-state index in [1.54, 1.807) is 0 Å². The molecule has 0 spiro atoms. The molecule has 60 heavy (non-hydrogen) atoms. The van der Waals surface area contributed by atoms with Crippen molar-refractivity contribution in [2.24, 2.45) is 0 Å². The van der Waals surface area contributed by atoms with Gasteiger partial charge in [-0.1, -0.05) is 170 Å². The Kier molecular flexibility index (Phi) is 8.87. The summed E-state index contributed by atoms with van der Waals surface area (Å²) in [5.41, 5.74) is 16.5. The van der Waals surface area contributed by atoms with Crippen molar-refractivity contribution in [3.8, 4) is 50.2 Å². The zero-order valence-electron chi connectivity index (χ0n) is 33.0. The van der Waals surface area contributed by atoms with Crippen LogP contribution in [0.3, 0.4) is 0 Å². The van der Waals surface area contributed by atoms with Crippen molar-refractivity contribution in [2.45, 2.75) is 0 Å². The first-order chi connectivity index (χ1) is 29.7. The van der Waals surface area contributed by atoms with E-state index < -0.39 is 0 Å². The Balaban J connectivity index is 0.887. The highest BCUT2D eigenvalue weighted by molar-refractivity contribution is 6.10. The molecule has 0 aliphatic carbocycles. The summed E-state index contributed by atoms with van der Waals surface area (Å²) in [5.74, 6) is 0. The third-order valence-electron chi connectivity index (χ3n) is 11.8. The number of aromatic nitrogens is 1. The van der Waals surface area contributed by atoms with Crippen LogP contribution < -0.4 is 4.90 Å². The Hall–Kier alpha value is -7.94. The lowest BCUT2D eigenvalue weighted by molar-refractivity contribution is 1.18. The average Bonchev–Trinajstić information content (AvgIpc) is 3.66. The molecule has 0 unspecified atom stereocenters. The molecule has 10 aromatic carbocycles. The number of anilines is 3. The second-order valence-corrected chi connectivity index (χ2v) is 15.4. The Morgan fingerprint density at radius 1 is 0.250 bits per heavy atom. The molecule has 0 atom stereocenters. The van der Waals surface area contributed by atoms with Gasteiger partial charge in [-0.15, -0.1) is 0 Å². The summed E-state index contributed by atoms with van der Waals surface area (Å²) in [7, 11) is 0. The summed E-state index contributed by atoms with van der Waals surface area (Å²) in [4.78, 5) is 2.33. The molecule has 0 N–H and O–H groups in total. The highest BCUT2D eigenvalue weighted by Gasteiger charge is 2.16. The van der Waals surface area contributed by atoms with Crippen molar-refractivity contribution in [3.05, 3.63) is 243 Å². The first-order valence-corrected chi connectivity index (χ1v) is 20.6. The van der Waals surface area contributed by atoms with E-state index in [-0.39, 0.29) is 0 Å². The summed E-state index contributed by atoms with van der Waals surface area (Å²) < 4.78 is 2.39. The second kappa shape index (κ2) is 15.1. The molecule has 0 bridgehead atoms. The molecule has 11 aromatic rings. The molecule has 0 saturated carbocycles. The van der Waals surface area contributed by atoms with Crippen LogP contribution in [-0.2, 0) is 0 Å². The number of hydrogen-bond donors (Lipinski definition) is 0. The molecule has 0 aliphatic rings. The predicted octanol–water partition coefficient (Wildman–Crippen LogP) is 16.1. The number of rotatable bonds is 8. The Labute approximate surface area is 350 Å². The molecule has 2 nitrogen and oxygen atoms in total. The van der Waals surface area contributed by atoms with E-state index in [2.05, 4.69) is 252 Å². The van der Waals surface area contributed by atoms with Crippen LogP contribution in [0.5, 0.6) is 0 Å². The van der Waals surface area contributed by atoms with Gasteiger partial charge in [0.15, 0.2) is 0 Å². The summed E-state index contributed by atoms with van der Waals surface area (Å²) in [6.07, 6.45) is 0. The van der Waals surface area contributed by atoms with Gasteiger partial charge in [0.1, 0.15) is 0 Å². The fraction of sp³-hybridized carbons (Fsp3) is 0. The Morgan fingerprint density at radius 2 is 0.667 bits per heavy atom. The number of nitrogens with zero attached hydrogens (tertiary/aromatic N) is 2. The van der Waals surface area contributed by atoms with E-state index >= 15 is 0 Å². The lowest BCUT2D eigenvalue weighted by atomic mass is 9.98. The lowest BCUT2D eigenvalue weighted by Gasteiger charge is -2.26. The zero-order chi connectivity index (χ0) is 39.8. The standard InChI is InChI=1S/C58H40N2/c1-3-11-41(12-4-1)44-27-36-54(37-28-44)60-57-18-10-9-17-55(57)56-40-50(31-38-58(56)60)47-29-34-53(35-30-47)59(51-15-5-2-6-16-51)52-32-25-45(26-33-52)43-19-21-46(22-20-43)49-24-23-42-13-7-8-14-48(42)39-49/h1-40H. The average molecular weight is 765 g/mol. The molecule has 2 heteroatoms. The molecule has 11 rings (SSSR count). The fourth-order valence-electron chi connectivity index (χ4n) is 8.72. The SMILES string of the molecule is c1ccc(-c2ccc(-n3c4ccccc4c4cc(-c5ccc(N(c6ccccc6)c6ccc(-c7ccc(-c8ccc9ccccc9c8)cc7)cc6)cc5)ccc43)cc2)cc1. The van der Waals surface area contributed by atoms with Crippen LogP contribution >= 0.6 is 0 Å². The van der Waals surface area contributed by atoms with E-state index in [4.69, 9.17) is 0 Å². The van der Waals surface area contributed by atoms with E-state index in [1.165, 1.54) is 77.1 Å². The van der Waals surface area contributed by atoms with Gasteiger partial charge >= 0.3 is 0 Å². The Morgan fingerprint density at radius 3 is 1.32 bits per heavy atom. The van der Waals surface area contributed by atoms with Gasteiger partial charge in [0.05, 0.1) is 11.0 Å². The topological polar surface area (TPSA) is 8.17 Å². The van der Waals surface area contributed by atoms with Crippen LogP contribution in [0.4, 0.5) is 17.1 Å². The highest BCUT2D eigenvalue weighted by Crippen LogP contribution is 2.39. The monoisotopic (exact) mass is 764 g/mol. The molecule has 282 valence electrons. The van der Waals surface area contributed by atoms with Gasteiger partial charge < -0.3 is 9.47 Å². The molecular formula is C58H40N2. The van der Waals surface area contributed by atoms with Gasteiger partial charge in [-0.25, -0.2) is 0 Å². The van der Waals surface area contributed by atoms with E-state index in [1.807, 2.05) is 0 Å². The first kappa shape index (κ1) is 35.2. The lowest BCUT2D eigenvalue weighted by Crippen LogP contribution is -2.09. The minimum absolute atomic E-state index is 1.11. The largest absolute Gasteiger partial charge is 0.311 e. The normalized spacial score (nSPS) is 11.3. The van der Waals surface area contributed by atoms with Crippen molar-refractivity contribution < 1.29 is 0 Å². The first-order valence-electron chi connectivity index (χ1n) is 20.6. The van der Waals surface area contributed by atoms with Crippen LogP contribution in [0.1, 0.15) is 0 Å². The fourth-order valence-corrected chi connectivity index (χ4v) is 8.72. The molecule has 0 saturated heterocycles. The molecule has 1 aromatic heterocycles. The minimum atomic E-state index is 1.11. The van der Waals surface area contributed by atoms with Gasteiger partial charge in [-0.3, -0.25) is 0 Å².